The van der Waals surface area contributed by atoms with Crippen LogP contribution in [0.2, 0.25) is 0 Å². The van der Waals surface area contributed by atoms with E-state index in [9.17, 15) is 0 Å². The average Bonchev–Trinajstić information content (AvgIpc) is 3.03. The van der Waals surface area contributed by atoms with Crippen LogP contribution in [-0.4, -0.2) is 16.3 Å². The third-order valence-corrected chi connectivity index (χ3v) is 4.92. The van der Waals surface area contributed by atoms with Gasteiger partial charge >= 0.3 is 0 Å². The zero-order valence-corrected chi connectivity index (χ0v) is 11.7. The fourth-order valence-corrected chi connectivity index (χ4v) is 3.93. The first-order valence-electron chi connectivity index (χ1n) is 7.50. The fourth-order valence-electron chi connectivity index (χ4n) is 3.93. The first kappa shape index (κ1) is 12.2. The summed E-state index contributed by atoms with van der Waals surface area (Å²) in [6, 6.07) is 0. The van der Waals surface area contributed by atoms with Crippen LogP contribution in [0.25, 0.3) is 0 Å². The van der Waals surface area contributed by atoms with Crippen molar-refractivity contribution in [1.29, 1.82) is 0 Å². The number of nitrogens with one attached hydrogen (secondary N) is 1. The van der Waals surface area contributed by atoms with Gasteiger partial charge in [0, 0.05) is 24.8 Å². The minimum atomic E-state index is 0.898. The number of aryl methyl sites for hydroxylation is 1. The Morgan fingerprint density at radius 1 is 1.39 bits per heavy atom. The van der Waals surface area contributed by atoms with Crippen LogP contribution in [-0.2, 0) is 13.1 Å². The Hall–Kier alpha value is -0.830. The quantitative estimate of drug-likeness (QED) is 0.867. The molecule has 1 aromatic rings. The lowest BCUT2D eigenvalue weighted by Crippen LogP contribution is -2.17. The van der Waals surface area contributed by atoms with E-state index in [1.165, 1.54) is 36.9 Å². The Kier molecular flexibility index (Phi) is 3.42. The molecule has 0 saturated heterocycles. The first-order chi connectivity index (χ1) is 8.76. The maximum absolute atomic E-state index is 4.69. The smallest absolute Gasteiger partial charge is 0.0638 e. The van der Waals surface area contributed by atoms with Gasteiger partial charge in [0.05, 0.1) is 5.69 Å². The second-order valence-corrected chi connectivity index (χ2v) is 6.18. The van der Waals surface area contributed by atoms with Crippen molar-refractivity contribution in [2.24, 2.45) is 17.8 Å². The number of hydrogen-bond donors (Lipinski definition) is 1. The Labute approximate surface area is 110 Å². The molecule has 1 N–H and O–H groups in total. The predicted molar refractivity (Wildman–Crippen MR) is 73.3 cm³/mol. The van der Waals surface area contributed by atoms with Crippen LogP contribution in [0.15, 0.2) is 6.20 Å². The topological polar surface area (TPSA) is 29.9 Å². The SMILES string of the molecule is CCNCc1cn(CC2CC3CCC2C3)nc1C. The van der Waals surface area contributed by atoms with Gasteiger partial charge < -0.3 is 5.32 Å². The van der Waals surface area contributed by atoms with Crippen molar-refractivity contribution >= 4 is 0 Å². The van der Waals surface area contributed by atoms with Crippen LogP contribution >= 0.6 is 0 Å². The van der Waals surface area contributed by atoms with Crippen molar-refractivity contribution in [3.8, 4) is 0 Å². The van der Waals surface area contributed by atoms with E-state index in [-0.39, 0.29) is 0 Å². The van der Waals surface area contributed by atoms with E-state index in [0.29, 0.717) is 0 Å². The van der Waals surface area contributed by atoms with Gasteiger partial charge in [0.2, 0.25) is 0 Å². The van der Waals surface area contributed by atoms with Crippen molar-refractivity contribution < 1.29 is 0 Å². The number of aromatic nitrogens is 2. The van der Waals surface area contributed by atoms with E-state index in [1.807, 2.05) is 0 Å². The maximum atomic E-state index is 4.69. The van der Waals surface area contributed by atoms with Crippen molar-refractivity contribution in [1.82, 2.24) is 15.1 Å². The molecule has 0 aromatic carbocycles. The summed E-state index contributed by atoms with van der Waals surface area (Å²) in [5, 5.41) is 8.07. The third kappa shape index (κ3) is 2.33. The molecule has 2 fully saturated rings. The van der Waals surface area contributed by atoms with E-state index in [4.69, 9.17) is 0 Å². The van der Waals surface area contributed by atoms with Crippen LogP contribution in [0.4, 0.5) is 0 Å². The number of rotatable bonds is 5. The summed E-state index contributed by atoms with van der Waals surface area (Å²) in [5.41, 5.74) is 2.55. The highest BCUT2D eigenvalue weighted by atomic mass is 15.3. The molecule has 1 heterocycles. The lowest BCUT2D eigenvalue weighted by atomic mass is 9.89. The Morgan fingerprint density at radius 2 is 2.28 bits per heavy atom. The van der Waals surface area contributed by atoms with Gasteiger partial charge in [0.15, 0.2) is 0 Å². The van der Waals surface area contributed by atoms with Crippen molar-refractivity contribution in [2.45, 2.75) is 52.6 Å². The lowest BCUT2D eigenvalue weighted by Gasteiger charge is -2.21. The summed E-state index contributed by atoms with van der Waals surface area (Å²) < 4.78 is 2.20. The molecule has 3 atom stereocenters. The number of fused-ring (bicyclic) bond motifs is 2. The molecular weight excluding hydrogens is 222 g/mol. The molecule has 2 aliphatic rings. The van der Waals surface area contributed by atoms with E-state index in [2.05, 4.69) is 35.1 Å². The zero-order valence-electron chi connectivity index (χ0n) is 11.7. The van der Waals surface area contributed by atoms with Crippen molar-refractivity contribution in [3.05, 3.63) is 17.5 Å². The highest BCUT2D eigenvalue weighted by Gasteiger charge is 2.39. The molecule has 0 amide bonds. The molecule has 2 aliphatic carbocycles. The normalized spacial score (nSPS) is 30.2. The lowest BCUT2D eigenvalue weighted by molar-refractivity contribution is 0.285. The fraction of sp³-hybridized carbons (Fsp3) is 0.800. The highest BCUT2D eigenvalue weighted by molar-refractivity contribution is 5.15. The van der Waals surface area contributed by atoms with Crippen molar-refractivity contribution in [3.63, 3.8) is 0 Å². The van der Waals surface area contributed by atoms with Crippen molar-refractivity contribution in [2.75, 3.05) is 6.54 Å². The summed E-state index contributed by atoms with van der Waals surface area (Å²) >= 11 is 0. The van der Waals surface area contributed by atoms with Gasteiger partial charge in [-0.15, -0.1) is 0 Å². The first-order valence-corrected chi connectivity index (χ1v) is 7.50. The summed E-state index contributed by atoms with van der Waals surface area (Å²) in [5.74, 6) is 2.93. The molecule has 3 nitrogen and oxygen atoms in total. The summed E-state index contributed by atoms with van der Waals surface area (Å²) in [7, 11) is 0. The van der Waals surface area contributed by atoms with E-state index in [1.54, 1.807) is 0 Å². The largest absolute Gasteiger partial charge is 0.313 e. The zero-order chi connectivity index (χ0) is 12.5. The van der Waals surface area contributed by atoms with Gasteiger partial charge in [-0.1, -0.05) is 13.3 Å². The maximum Gasteiger partial charge on any atom is 0.0638 e. The summed E-state index contributed by atoms with van der Waals surface area (Å²) in [6.07, 6.45) is 8.16. The second kappa shape index (κ2) is 5.04. The Balaban J connectivity index is 1.62. The Morgan fingerprint density at radius 3 is 2.94 bits per heavy atom. The monoisotopic (exact) mass is 247 g/mol. The van der Waals surface area contributed by atoms with Crippen LogP contribution in [0, 0.1) is 24.7 Å². The van der Waals surface area contributed by atoms with E-state index >= 15 is 0 Å². The van der Waals surface area contributed by atoms with Gasteiger partial charge in [-0.25, -0.2) is 0 Å². The third-order valence-electron chi connectivity index (χ3n) is 4.92. The van der Waals surface area contributed by atoms with Crippen LogP contribution in [0.1, 0.15) is 43.9 Å². The molecule has 1 aromatic heterocycles. The van der Waals surface area contributed by atoms with Gasteiger partial charge in [-0.05, 0) is 50.5 Å². The summed E-state index contributed by atoms with van der Waals surface area (Å²) in [4.78, 5) is 0. The van der Waals surface area contributed by atoms with E-state index < -0.39 is 0 Å². The van der Waals surface area contributed by atoms with Gasteiger partial charge in [0.25, 0.3) is 0 Å². The Bertz CT molecular complexity index is 410. The highest BCUT2D eigenvalue weighted by Crippen LogP contribution is 2.48. The van der Waals surface area contributed by atoms with Gasteiger partial charge in [0.1, 0.15) is 0 Å². The molecule has 0 aliphatic heterocycles. The second-order valence-electron chi connectivity index (χ2n) is 6.18. The molecule has 2 saturated carbocycles. The molecule has 0 spiro atoms. The molecule has 3 heteroatoms. The van der Waals surface area contributed by atoms with E-state index in [0.717, 1.165) is 37.4 Å². The average molecular weight is 247 g/mol. The number of nitrogens with zero attached hydrogens (tertiary/aromatic N) is 2. The molecule has 3 rings (SSSR count). The summed E-state index contributed by atoms with van der Waals surface area (Å²) in [6.45, 7) is 7.41. The molecule has 2 bridgehead atoms. The molecule has 3 unspecified atom stereocenters. The van der Waals surface area contributed by atoms with Crippen LogP contribution < -0.4 is 5.32 Å². The number of hydrogen-bond acceptors (Lipinski definition) is 2. The van der Waals surface area contributed by atoms with Gasteiger partial charge in [-0.2, -0.15) is 5.10 Å². The molecular formula is C15H25N3. The predicted octanol–water partition coefficient (Wildman–Crippen LogP) is 2.74. The standard InChI is InChI=1S/C15H25N3/c1-3-16-8-15-10-18(17-11(15)2)9-14-7-12-4-5-13(14)6-12/h10,12-14,16H,3-9H2,1-2H3. The minimum Gasteiger partial charge on any atom is -0.313 e. The minimum absolute atomic E-state index is 0.898. The van der Waals surface area contributed by atoms with Crippen LogP contribution in [0.5, 0.6) is 0 Å². The molecule has 18 heavy (non-hydrogen) atoms. The van der Waals surface area contributed by atoms with Crippen LogP contribution in [0.3, 0.4) is 0 Å². The van der Waals surface area contributed by atoms with Gasteiger partial charge in [-0.3, -0.25) is 4.68 Å². The molecule has 0 radical (unpaired) electrons. The molecule has 100 valence electrons.